The normalized spacial score (nSPS) is 15.4. The second-order valence-electron chi connectivity index (χ2n) is 8.37. The second kappa shape index (κ2) is 10.6. The van der Waals surface area contributed by atoms with Gasteiger partial charge in [-0.05, 0) is 37.1 Å². The van der Waals surface area contributed by atoms with Gasteiger partial charge in [-0.1, -0.05) is 59.5 Å². The monoisotopic (exact) mass is 566 g/mol. The van der Waals surface area contributed by atoms with Crippen molar-refractivity contribution in [1.29, 1.82) is 0 Å². The molecular formula is C26H22N4O5S3. The van der Waals surface area contributed by atoms with E-state index < -0.39 is 23.5 Å². The zero-order valence-corrected chi connectivity index (χ0v) is 23.0. The summed E-state index contributed by atoms with van der Waals surface area (Å²) in [7, 11) is 1.40. The summed E-state index contributed by atoms with van der Waals surface area (Å²) in [6, 6.07) is 13.4. The number of carbonyl (C=O) groups excluding carboxylic acids is 2. The molecule has 4 aromatic rings. The van der Waals surface area contributed by atoms with Crippen LogP contribution in [-0.2, 0) is 10.5 Å². The van der Waals surface area contributed by atoms with Gasteiger partial charge in [0.05, 0.1) is 34.3 Å². The largest absolute Gasteiger partial charge is 0.504 e. The van der Waals surface area contributed by atoms with Crippen molar-refractivity contribution in [2.45, 2.75) is 30.0 Å². The molecule has 9 nitrogen and oxygen atoms in total. The zero-order valence-electron chi connectivity index (χ0n) is 20.5. The molecular weight excluding hydrogens is 545 g/mol. The van der Waals surface area contributed by atoms with Gasteiger partial charge in [-0.15, -0.1) is 21.5 Å². The fourth-order valence-corrected chi connectivity index (χ4v) is 6.85. The predicted molar refractivity (Wildman–Crippen MR) is 146 cm³/mol. The van der Waals surface area contributed by atoms with Crippen molar-refractivity contribution in [2.24, 2.45) is 0 Å². The van der Waals surface area contributed by atoms with Crippen molar-refractivity contribution < 1.29 is 24.5 Å². The smallest absolute Gasteiger partial charge is 0.296 e. The van der Waals surface area contributed by atoms with Crippen LogP contribution in [0.15, 0.2) is 64.2 Å². The van der Waals surface area contributed by atoms with E-state index in [1.807, 2.05) is 30.3 Å². The number of Topliss-reactive ketones (excluding diaryl/α,β-unsaturated/α-hetero) is 1. The number of aromatic hydroxyl groups is 1. The van der Waals surface area contributed by atoms with Crippen LogP contribution in [0.5, 0.6) is 11.5 Å². The molecule has 5 rings (SSSR count). The number of phenols is 1. The number of anilines is 1. The Kier molecular flexibility index (Phi) is 7.19. The Balaban J connectivity index is 1.55. The number of rotatable bonds is 8. The van der Waals surface area contributed by atoms with Gasteiger partial charge in [0.2, 0.25) is 10.9 Å². The summed E-state index contributed by atoms with van der Waals surface area (Å²) in [6.45, 7) is 3.50. The SMILES string of the molecule is COc1cc(C2C(C(=O)c3sc(C)nc3C)=C(O)C(=O)N2c2nnc(SCc3ccccc3)s2)ccc1O. The topological polar surface area (TPSA) is 126 Å². The average Bonchev–Trinajstić information content (AvgIpc) is 3.59. The van der Waals surface area contributed by atoms with Crippen LogP contribution in [0, 0.1) is 13.8 Å². The molecule has 0 saturated heterocycles. The molecule has 2 aromatic carbocycles. The van der Waals surface area contributed by atoms with Gasteiger partial charge in [-0.3, -0.25) is 14.5 Å². The van der Waals surface area contributed by atoms with Crippen LogP contribution >= 0.6 is 34.4 Å². The number of ether oxygens (including phenoxy) is 1. The number of phenolic OH excluding ortho intramolecular Hbond substituents is 1. The lowest BCUT2D eigenvalue weighted by Crippen LogP contribution is -2.31. The molecule has 1 amide bonds. The summed E-state index contributed by atoms with van der Waals surface area (Å²) in [4.78, 5) is 33.1. The van der Waals surface area contributed by atoms with E-state index in [1.54, 1.807) is 19.9 Å². The molecule has 0 radical (unpaired) electrons. The van der Waals surface area contributed by atoms with Gasteiger partial charge in [-0.25, -0.2) is 4.98 Å². The van der Waals surface area contributed by atoms with E-state index in [4.69, 9.17) is 4.74 Å². The lowest BCUT2D eigenvalue weighted by molar-refractivity contribution is -0.117. The number of hydrogen-bond donors (Lipinski definition) is 2. The molecule has 3 heterocycles. The van der Waals surface area contributed by atoms with Gasteiger partial charge in [0.1, 0.15) is 0 Å². The van der Waals surface area contributed by atoms with E-state index in [9.17, 15) is 19.8 Å². The van der Waals surface area contributed by atoms with E-state index in [0.29, 0.717) is 31.2 Å². The summed E-state index contributed by atoms with van der Waals surface area (Å²) >= 11 is 3.86. The molecule has 1 aliphatic rings. The molecule has 12 heteroatoms. The van der Waals surface area contributed by atoms with Crippen molar-refractivity contribution in [3.63, 3.8) is 0 Å². The maximum atomic E-state index is 13.7. The maximum Gasteiger partial charge on any atom is 0.296 e. The van der Waals surface area contributed by atoms with Crippen molar-refractivity contribution in [2.75, 3.05) is 12.0 Å². The third-order valence-electron chi connectivity index (χ3n) is 5.89. The molecule has 1 unspecified atom stereocenters. The third-order valence-corrected chi connectivity index (χ3v) is 9.09. The third kappa shape index (κ3) is 4.77. The number of aryl methyl sites for hydroxylation is 2. The first-order chi connectivity index (χ1) is 18.3. The number of aromatic nitrogens is 3. The number of hydrogen-bond acceptors (Lipinski definition) is 11. The highest BCUT2D eigenvalue weighted by Crippen LogP contribution is 2.45. The lowest BCUT2D eigenvalue weighted by Gasteiger charge is -2.24. The first-order valence-electron chi connectivity index (χ1n) is 11.4. The Bertz CT molecular complexity index is 1560. The average molecular weight is 567 g/mol. The van der Waals surface area contributed by atoms with Crippen molar-refractivity contribution in [1.82, 2.24) is 15.2 Å². The lowest BCUT2D eigenvalue weighted by atomic mass is 9.95. The zero-order chi connectivity index (χ0) is 27.0. The molecule has 2 aromatic heterocycles. The van der Waals surface area contributed by atoms with Gasteiger partial charge in [0, 0.05) is 5.75 Å². The van der Waals surface area contributed by atoms with E-state index >= 15 is 0 Å². The van der Waals surface area contributed by atoms with E-state index in [-0.39, 0.29) is 22.2 Å². The van der Waals surface area contributed by atoms with Gasteiger partial charge >= 0.3 is 0 Å². The van der Waals surface area contributed by atoms with Gasteiger partial charge in [0.25, 0.3) is 5.91 Å². The molecule has 38 heavy (non-hydrogen) atoms. The molecule has 0 fully saturated rings. The summed E-state index contributed by atoms with van der Waals surface area (Å²) < 4.78 is 5.90. The molecule has 0 spiro atoms. The van der Waals surface area contributed by atoms with Crippen LogP contribution in [0.25, 0.3) is 0 Å². The Morgan fingerprint density at radius 1 is 1.11 bits per heavy atom. The fourth-order valence-electron chi connectivity index (χ4n) is 4.16. The first-order valence-corrected chi connectivity index (χ1v) is 14.0. The Morgan fingerprint density at radius 2 is 1.87 bits per heavy atom. The quantitative estimate of drug-likeness (QED) is 0.164. The van der Waals surface area contributed by atoms with Crippen molar-refractivity contribution in [3.05, 3.63) is 86.6 Å². The summed E-state index contributed by atoms with van der Waals surface area (Å²) in [5.41, 5.74) is 1.99. The summed E-state index contributed by atoms with van der Waals surface area (Å²) in [5, 5.41) is 30.6. The Hall–Kier alpha value is -3.74. The number of benzene rings is 2. The fraction of sp³-hybridized carbons (Fsp3) is 0.192. The van der Waals surface area contributed by atoms with Crippen LogP contribution in [-0.4, -0.2) is 44.2 Å². The molecule has 0 aliphatic carbocycles. The minimum Gasteiger partial charge on any atom is -0.504 e. The minimum atomic E-state index is -1.02. The highest BCUT2D eigenvalue weighted by molar-refractivity contribution is 8.00. The number of aliphatic hydroxyl groups is 1. The molecule has 1 aliphatic heterocycles. The van der Waals surface area contributed by atoms with Crippen LogP contribution in [0.2, 0.25) is 0 Å². The second-order valence-corrected chi connectivity index (χ2v) is 11.8. The van der Waals surface area contributed by atoms with Crippen LogP contribution < -0.4 is 9.64 Å². The van der Waals surface area contributed by atoms with Gasteiger partial charge in [-0.2, -0.15) is 0 Å². The maximum absolute atomic E-state index is 13.7. The molecule has 0 bridgehead atoms. The molecule has 1 atom stereocenters. The van der Waals surface area contributed by atoms with Crippen molar-refractivity contribution >= 4 is 51.3 Å². The van der Waals surface area contributed by atoms with Crippen LogP contribution in [0.1, 0.15) is 37.5 Å². The number of amides is 1. The van der Waals surface area contributed by atoms with Crippen LogP contribution in [0.3, 0.4) is 0 Å². The molecule has 194 valence electrons. The van der Waals surface area contributed by atoms with E-state index in [2.05, 4.69) is 15.2 Å². The summed E-state index contributed by atoms with van der Waals surface area (Å²) in [6.07, 6.45) is 0. The van der Waals surface area contributed by atoms with E-state index in [0.717, 1.165) is 5.56 Å². The highest BCUT2D eigenvalue weighted by atomic mass is 32.2. The van der Waals surface area contributed by atoms with Gasteiger partial charge in [0.15, 0.2) is 21.6 Å². The highest BCUT2D eigenvalue weighted by Gasteiger charge is 2.47. The van der Waals surface area contributed by atoms with Crippen molar-refractivity contribution in [3.8, 4) is 11.5 Å². The van der Waals surface area contributed by atoms with E-state index in [1.165, 1.54) is 58.6 Å². The number of thiazole rings is 1. The minimum absolute atomic E-state index is 0.0943. The number of carbonyl (C=O) groups is 2. The number of methoxy groups -OCH3 is 1. The Labute approximate surface area is 230 Å². The van der Waals surface area contributed by atoms with Gasteiger partial charge < -0.3 is 14.9 Å². The standard InChI is InChI=1S/C26H22N4O5S3/c1-13-23(37-14(2)27-13)21(32)19-20(16-9-10-17(31)18(11-16)35-3)30(24(34)22(19)33)25-28-29-26(38-25)36-12-15-7-5-4-6-8-15/h4-11,20,31,33H,12H2,1-3H3. The number of thioether (sulfide) groups is 1. The number of aliphatic hydroxyl groups excluding tert-OH is 1. The summed E-state index contributed by atoms with van der Waals surface area (Å²) in [5.74, 6) is -1.20. The molecule has 0 saturated carbocycles. The number of nitrogens with zero attached hydrogens (tertiary/aromatic N) is 4. The predicted octanol–water partition coefficient (Wildman–Crippen LogP) is 5.40. The molecule has 2 N–H and O–H groups in total. The Morgan fingerprint density at radius 3 is 2.55 bits per heavy atom. The number of ketones is 1. The first kappa shape index (κ1) is 25.9. The van der Waals surface area contributed by atoms with Crippen LogP contribution in [0.4, 0.5) is 5.13 Å².